The van der Waals surface area contributed by atoms with E-state index in [1.807, 2.05) is 67.7 Å². The predicted molar refractivity (Wildman–Crippen MR) is 156 cm³/mol. The third-order valence-electron chi connectivity index (χ3n) is 7.70. The third-order valence-corrected chi connectivity index (χ3v) is 7.70. The van der Waals surface area contributed by atoms with Gasteiger partial charge in [-0.2, -0.15) is 0 Å². The van der Waals surface area contributed by atoms with E-state index in [-0.39, 0.29) is 11.9 Å². The minimum atomic E-state index is -0.642. The van der Waals surface area contributed by atoms with Gasteiger partial charge in [0.1, 0.15) is 12.1 Å². The number of carbonyl (C=O) groups excluding carboxylic acids is 2. The van der Waals surface area contributed by atoms with Crippen LogP contribution >= 0.6 is 0 Å². The number of amides is 1. The van der Waals surface area contributed by atoms with Crippen LogP contribution in [-0.2, 0) is 20.7 Å². The van der Waals surface area contributed by atoms with E-state index < -0.39 is 18.1 Å². The summed E-state index contributed by atoms with van der Waals surface area (Å²) in [5.41, 5.74) is 2.76. The number of hydrogen-bond acceptors (Lipinski definition) is 7. The van der Waals surface area contributed by atoms with Gasteiger partial charge in [-0.3, -0.25) is 9.78 Å². The van der Waals surface area contributed by atoms with Gasteiger partial charge >= 0.3 is 5.97 Å². The molecule has 2 heterocycles. The SMILES string of the molecule is CC[C@H](C(=O)N1CCCC[C@H]1C(=O)O[C@H](CCc1cccnc1)c1ccccc1)c1cc(OC)c(OC)c(OC)c1. The minimum absolute atomic E-state index is 0.102. The highest BCUT2D eigenvalue weighted by Crippen LogP contribution is 2.41. The molecule has 0 radical (unpaired) electrons. The molecule has 1 amide bonds. The van der Waals surface area contributed by atoms with Gasteiger partial charge in [0.2, 0.25) is 11.7 Å². The molecule has 3 aromatic rings. The standard InChI is InChI=1S/C33H40N2O6/c1-5-26(25-20-29(38-2)31(40-4)30(21-25)39-3)32(36)35-19-10-9-15-27(35)33(37)41-28(24-13-7-6-8-14-24)17-16-23-12-11-18-34-22-23/h6-8,11-14,18,20-22,26-28H,5,9-10,15-17,19H2,1-4H3/t26-,27-,28+/m0/s1. The van der Waals surface area contributed by atoms with Gasteiger partial charge in [-0.15, -0.1) is 0 Å². The molecule has 0 N–H and O–H groups in total. The largest absolute Gasteiger partial charge is 0.493 e. The molecule has 41 heavy (non-hydrogen) atoms. The Bertz CT molecular complexity index is 1260. The number of rotatable bonds is 12. The van der Waals surface area contributed by atoms with Crippen LogP contribution in [-0.4, -0.2) is 55.7 Å². The molecule has 1 aliphatic heterocycles. The lowest BCUT2D eigenvalue weighted by atomic mass is 9.91. The molecule has 1 aromatic heterocycles. The van der Waals surface area contributed by atoms with E-state index >= 15 is 0 Å². The minimum Gasteiger partial charge on any atom is -0.493 e. The Morgan fingerprint density at radius 1 is 0.951 bits per heavy atom. The van der Waals surface area contributed by atoms with Crippen LogP contribution < -0.4 is 14.2 Å². The van der Waals surface area contributed by atoms with Gasteiger partial charge in [0.15, 0.2) is 11.5 Å². The molecule has 0 aliphatic carbocycles. The molecule has 8 heteroatoms. The van der Waals surface area contributed by atoms with E-state index in [1.165, 1.54) is 0 Å². The summed E-state index contributed by atoms with van der Waals surface area (Å²) in [4.78, 5) is 33.7. The van der Waals surface area contributed by atoms with E-state index in [0.29, 0.717) is 49.5 Å². The van der Waals surface area contributed by atoms with E-state index in [0.717, 1.165) is 29.5 Å². The number of aromatic nitrogens is 1. The summed E-state index contributed by atoms with van der Waals surface area (Å²) in [5.74, 6) is 0.503. The van der Waals surface area contributed by atoms with Crippen LogP contribution in [0.4, 0.5) is 0 Å². The topological polar surface area (TPSA) is 87.2 Å². The number of benzene rings is 2. The van der Waals surface area contributed by atoms with Crippen LogP contribution in [0.2, 0.25) is 0 Å². The zero-order valence-electron chi connectivity index (χ0n) is 24.4. The lowest BCUT2D eigenvalue weighted by Gasteiger charge is -2.37. The number of esters is 1. The second-order valence-electron chi connectivity index (χ2n) is 10.2. The summed E-state index contributed by atoms with van der Waals surface area (Å²) in [7, 11) is 4.65. The monoisotopic (exact) mass is 560 g/mol. The van der Waals surface area contributed by atoms with Crippen molar-refractivity contribution >= 4 is 11.9 Å². The highest BCUT2D eigenvalue weighted by molar-refractivity contribution is 5.89. The highest BCUT2D eigenvalue weighted by Gasteiger charge is 2.38. The Hall–Kier alpha value is -4.07. The zero-order chi connectivity index (χ0) is 29.2. The molecular formula is C33H40N2O6. The Balaban J connectivity index is 1.56. The number of ether oxygens (including phenoxy) is 4. The lowest BCUT2D eigenvalue weighted by Crippen LogP contribution is -2.50. The van der Waals surface area contributed by atoms with Crippen molar-refractivity contribution in [1.82, 2.24) is 9.88 Å². The molecule has 0 unspecified atom stereocenters. The predicted octanol–water partition coefficient (Wildman–Crippen LogP) is 5.90. The Labute approximate surface area is 242 Å². The lowest BCUT2D eigenvalue weighted by molar-refractivity contribution is -0.162. The van der Waals surface area contributed by atoms with Crippen molar-refractivity contribution in [3.8, 4) is 17.2 Å². The molecule has 4 rings (SSSR count). The first kappa shape index (κ1) is 29.9. The fourth-order valence-electron chi connectivity index (χ4n) is 5.52. The number of likely N-dealkylation sites (tertiary alicyclic amines) is 1. The van der Waals surface area contributed by atoms with Crippen molar-refractivity contribution in [2.75, 3.05) is 27.9 Å². The molecule has 8 nitrogen and oxygen atoms in total. The van der Waals surface area contributed by atoms with Crippen LogP contribution in [0.1, 0.15) is 67.7 Å². The van der Waals surface area contributed by atoms with Crippen molar-refractivity contribution in [2.24, 2.45) is 0 Å². The van der Waals surface area contributed by atoms with Crippen LogP contribution in [0, 0.1) is 0 Å². The summed E-state index contributed by atoms with van der Waals surface area (Å²) in [6, 6.07) is 16.7. The Morgan fingerprint density at radius 3 is 2.29 bits per heavy atom. The molecule has 218 valence electrons. The Morgan fingerprint density at radius 2 is 1.68 bits per heavy atom. The van der Waals surface area contributed by atoms with Crippen molar-refractivity contribution in [1.29, 1.82) is 0 Å². The van der Waals surface area contributed by atoms with Gasteiger partial charge in [0, 0.05) is 18.9 Å². The average molecular weight is 561 g/mol. The van der Waals surface area contributed by atoms with Crippen LogP contribution in [0.25, 0.3) is 0 Å². The van der Waals surface area contributed by atoms with Crippen molar-refractivity contribution in [2.45, 2.75) is 63.5 Å². The molecule has 0 saturated carbocycles. The summed E-state index contributed by atoms with van der Waals surface area (Å²) < 4.78 is 22.7. The van der Waals surface area contributed by atoms with Crippen LogP contribution in [0.3, 0.4) is 0 Å². The van der Waals surface area contributed by atoms with Crippen LogP contribution in [0.15, 0.2) is 67.0 Å². The molecule has 1 fully saturated rings. The molecule has 0 spiro atoms. The average Bonchev–Trinajstić information content (AvgIpc) is 3.03. The summed E-state index contributed by atoms with van der Waals surface area (Å²) in [5, 5.41) is 0. The normalized spacial score (nSPS) is 16.4. The fraction of sp³-hybridized carbons (Fsp3) is 0.424. The number of nitrogens with zero attached hydrogens (tertiary/aromatic N) is 2. The number of carbonyl (C=O) groups is 2. The van der Waals surface area contributed by atoms with E-state index in [4.69, 9.17) is 18.9 Å². The van der Waals surface area contributed by atoms with Gasteiger partial charge in [0.25, 0.3) is 0 Å². The summed E-state index contributed by atoms with van der Waals surface area (Å²) in [6.45, 7) is 2.47. The van der Waals surface area contributed by atoms with Gasteiger partial charge < -0.3 is 23.8 Å². The number of pyridine rings is 1. The van der Waals surface area contributed by atoms with Crippen molar-refractivity contribution < 1.29 is 28.5 Å². The molecule has 1 saturated heterocycles. The fourth-order valence-corrected chi connectivity index (χ4v) is 5.52. The molecule has 1 aliphatic rings. The number of aryl methyl sites for hydroxylation is 1. The van der Waals surface area contributed by atoms with Gasteiger partial charge in [-0.25, -0.2) is 4.79 Å². The number of piperidine rings is 1. The maximum atomic E-state index is 14.1. The third kappa shape index (κ3) is 7.17. The smallest absolute Gasteiger partial charge is 0.329 e. The highest BCUT2D eigenvalue weighted by atomic mass is 16.5. The second kappa shape index (κ2) is 14.5. The second-order valence-corrected chi connectivity index (χ2v) is 10.2. The van der Waals surface area contributed by atoms with Crippen molar-refractivity contribution in [3.63, 3.8) is 0 Å². The quantitative estimate of drug-likeness (QED) is 0.255. The maximum Gasteiger partial charge on any atom is 0.329 e. The van der Waals surface area contributed by atoms with E-state index in [9.17, 15) is 9.59 Å². The Kier molecular flexibility index (Phi) is 10.6. The maximum absolute atomic E-state index is 14.1. The number of methoxy groups -OCH3 is 3. The first-order chi connectivity index (χ1) is 20.0. The summed E-state index contributed by atoms with van der Waals surface area (Å²) >= 11 is 0. The van der Waals surface area contributed by atoms with E-state index in [1.54, 1.807) is 32.4 Å². The van der Waals surface area contributed by atoms with Crippen molar-refractivity contribution in [3.05, 3.63) is 83.7 Å². The van der Waals surface area contributed by atoms with Gasteiger partial charge in [0.05, 0.1) is 27.2 Å². The molecular weight excluding hydrogens is 520 g/mol. The van der Waals surface area contributed by atoms with Crippen LogP contribution in [0.5, 0.6) is 17.2 Å². The first-order valence-electron chi connectivity index (χ1n) is 14.2. The zero-order valence-corrected chi connectivity index (χ0v) is 24.4. The molecule has 3 atom stereocenters. The number of hydrogen-bond donors (Lipinski definition) is 0. The summed E-state index contributed by atoms with van der Waals surface area (Å²) in [6.07, 6.45) is 7.29. The van der Waals surface area contributed by atoms with Gasteiger partial charge in [-0.1, -0.05) is 43.3 Å². The van der Waals surface area contributed by atoms with E-state index in [2.05, 4.69) is 4.98 Å². The molecule has 2 aromatic carbocycles. The first-order valence-corrected chi connectivity index (χ1v) is 14.2. The van der Waals surface area contributed by atoms with Gasteiger partial charge in [-0.05, 0) is 73.4 Å². The molecule has 0 bridgehead atoms.